The summed E-state index contributed by atoms with van der Waals surface area (Å²) in [6, 6.07) is 4.21. The van der Waals surface area contributed by atoms with Crippen molar-refractivity contribution < 1.29 is 43.9 Å². The summed E-state index contributed by atoms with van der Waals surface area (Å²) in [5.74, 6) is -2.00. The third kappa shape index (κ3) is 3.68. The van der Waals surface area contributed by atoms with Crippen molar-refractivity contribution in [1.82, 2.24) is 0 Å². The van der Waals surface area contributed by atoms with Crippen molar-refractivity contribution in [3.05, 3.63) is 51.6 Å². The zero-order valence-corrected chi connectivity index (χ0v) is 20.2. The van der Waals surface area contributed by atoms with Crippen LogP contribution in [-0.2, 0) is 20.6 Å². The summed E-state index contributed by atoms with van der Waals surface area (Å²) >= 11 is 0. The van der Waals surface area contributed by atoms with Gasteiger partial charge in [-0.05, 0) is 13.0 Å². The van der Waals surface area contributed by atoms with Crippen LogP contribution in [-0.4, -0.2) is 71.7 Å². The number of methoxy groups -OCH3 is 2. The van der Waals surface area contributed by atoms with E-state index in [9.17, 15) is 24.9 Å². The van der Waals surface area contributed by atoms with Crippen LogP contribution in [0.5, 0.6) is 17.2 Å². The Morgan fingerprint density at radius 3 is 2.42 bits per heavy atom. The molecule has 1 aliphatic heterocycles. The van der Waals surface area contributed by atoms with Crippen LogP contribution in [0.1, 0.15) is 68.8 Å². The van der Waals surface area contributed by atoms with E-state index < -0.39 is 41.6 Å². The molecule has 0 saturated carbocycles. The number of aliphatic hydroxyl groups excluding tert-OH is 1. The molecule has 0 radical (unpaired) electrons. The zero-order valence-electron chi connectivity index (χ0n) is 20.2. The van der Waals surface area contributed by atoms with E-state index in [2.05, 4.69) is 0 Å². The molecule has 0 amide bonds. The fourth-order valence-electron chi connectivity index (χ4n) is 5.69. The van der Waals surface area contributed by atoms with Crippen LogP contribution in [0.2, 0.25) is 0 Å². The van der Waals surface area contributed by atoms with Gasteiger partial charge in [0.05, 0.1) is 48.2 Å². The lowest BCUT2D eigenvalue weighted by Crippen LogP contribution is -2.53. The van der Waals surface area contributed by atoms with Crippen molar-refractivity contribution >= 4 is 11.6 Å². The van der Waals surface area contributed by atoms with Crippen LogP contribution in [0.15, 0.2) is 18.2 Å². The first-order valence-electron chi connectivity index (χ1n) is 11.8. The molecule has 10 nitrogen and oxygen atoms in total. The van der Waals surface area contributed by atoms with Crippen LogP contribution in [0.25, 0.3) is 0 Å². The molecule has 2 aromatic carbocycles. The molecule has 1 saturated heterocycles. The van der Waals surface area contributed by atoms with Crippen molar-refractivity contribution in [3.8, 4) is 17.2 Å². The molecular formula is C26H29NO9. The number of carbonyl (C=O) groups is 2. The number of benzene rings is 2. The topological polar surface area (TPSA) is 158 Å². The molecule has 6 atom stereocenters. The predicted octanol–water partition coefficient (Wildman–Crippen LogP) is 1.72. The number of ether oxygens (including phenoxy) is 4. The molecule has 192 valence electrons. The standard InChI is InChI=1S/C26H29NO9/c1-10-26(34-3)14(27)9-17(35-10)36-16-8-11(28)7-13-19(16)25(32)21-20(23(13)30)22(29)12-5-4-6-15(33-2)18(12)24(21)31/h4-6,10-11,14,16-17,26,28,30,32H,7-9,27H2,1-3H3. The van der Waals surface area contributed by atoms with Gasteiger partial charge < -0.3 is 40.0 Å². The summed E-state index contributed by atoms with van der Waals surface area (Å²) in [6.45, 7) is 1.81. The smallest absolute Gasteiger partial charge is 0.202 e. The molecular weight excluding hydrogens is 470 g/mol. The van der Waals surface area contributed by atoms with Crippen LogP contribution in [0.4, 0.5) is 0 Å². The molecule has 0 spiro atoms. The van der Waals surface area contributed by atoms with Gasteiger partial charge in [0.1, 0.15) is 17.2 Å². The fourth-order valence-corrected chi connectivity index (χ4v) is 5.69. The lowest BCUT2D eigenvalue weighted by molar-refractivity contribution is -0.247. The maximum atomic E-state index is 13.6. The Bertz CT molecular complexity index is 1230. The van der Waals surface area contributed by atoms with Crippen molar-refractivity contribution in [1.29, 1.82) is 0 Å². The molecule has 0 aromatic heterocycles. The van der Waals surface area contributed by atoms with Crippen LogP contribution in [0.3, 0.4) is 0 Å². The number of rotatable bonds is 4. The minimum absolute atomic E-state index is 0.0153. The minimum atomic E-state index is -0.926. The van der Waals surface area contributed by atoms with E-state index in [4.69, 9.17) is 24.7 Å². The van der Waals surface area contributed by atoms with E-state index in [1.165, 1.54) is 13.2 Å². The normalized spacial score (nSPS) is 29.4. The average Bonchev–Trinajstić information content (AvgIpc) is 2.83. The third-order valence-corrected chi connectivity index (χ3v) is 7.31. The number of carbonyl (C=O) groups excluding carboxylic acids is 2. The molecule has 2 aromatic rings. The van der Waals surface area contributed by atoms with E-state index in [1.807, 2.05) is 6.92 Å². The summed E-state index contributed by atoms with van der Waals surface area (Å²) < 4.78 is 22.8. The Morgan fingerprint density at radius 2 is 1.75 bits per heavy atom. The van der Waals surface area contributed by atoms with E-state index in [0.29, 0.717) is 6.42 Å². The molecule has 1 heterocycles. The number of hydrogen-bond acceptors (Lipinski definition) is 10. The summed E-state index contributed by atoms with van der Waals surface area (Å²) in [4.78, 5) is 26.9. The number of fused-ring (bicyclic) bond motifs is 3. The van der Waals surface area contributed by atoms with Crippen molar-refractivity contribution in [3.63, 3.8) is 0 Å². The maximum absolute atomic E-state index is 13.6. The number of aliphatic hydroxyl groups is 1. The quantitative estimate of drug-likeness (QED) is 0.390. The first kappa shape index (κ1) is 24.7. The lowest BCUT2D eigenvalue weighted by atomic mass is 9.76. The molecule has 2 aliphatic carbocycles. The number of aromatic hydroxyl groups is 2. The second-order valence-corrected chi connectivity index (χ2v) is 9.47. The van der Waals surface area contributed by atoms with Gasteiger partial charge in [0.15, 0.2) is 12.1 Å². The van der Waals surface area contributed by atoms with E-state index in [1.54, 1.807) is 19.2 Å². The summed E-state index contributed by atoms with van der Waals surface area (Å²) in [5.41, 5.74) is 6.01. The van der Waals surface area contributed by atoms with E-state index in [-0.39, 0.29) is 70.2 Å². The van der Waals surface area contributed by atoms with Gasteiger partial charge in [-0.1, -0.05) is 12.1 Å². The number of hydrogen-bond donors (Lipinski definition) is 4. The van der Waals surface area contributed by atoms with E-state index in [0.717, 1.165) is 0 Å². The highest BCUT2D eigenvalue weighted by Crippen LogP contribution is 2.50. The molecule has 36 heavy (non-hydrogen) atoms. The first-order valence-corrected chi connectivity index (χ1v) is 11.8. The minimum Gasteiger partial charge on any atom is -0.507 e. The highest BCUT2D eigenvalue weighted by Gasteiger charge is 2.44. The van der Waals surface area contributed by atoms with Gasteiger partial charge in [0.25, 0.3) is 0 Å². The number of ketones is 2. The molecule has 5 N–H and O–H groups in total. The van der Waals surface area contributed by atoms with Crippen molar-refractivity contribution in [2.75, 3.05) is 14.2 Å². The largest absolute Gasteiger partial charge is 0.507 e. The van der Waals surface area contributed by atoms with Gasteiger partial charge in [0.2, 0.25) is 5.78 Å². The Morgan fingerprint density at radius 1 is 1.03 bits per heavy atom. The molecule has 1 fully saturated rings. The zero-order chi connectivity index (χ0) is 25.9. The highest BCUT2D eigenvalue weighted by atomic mass is 16.7. The SMILES string of the molecule is COc1cccc2c1C(=O)c1c(O)c3c(c(O)c1C2=O)CC(O)CC3OC1CC(N)C(OC)C(C)O1. The Labute approximate surface area is 207 Å². The van der Waals surface area contributed by atoms with Crippen LogP contribution < -0.4 is 10.5 Å². The maximum Gasteiger partial charge on any atom is 0.202 e. The second kappa shape index (κ2) is 9.13. The molecule has 0 bridgehead atoms. The van der Waals surface area contributed by atoms with Gasteiger partial charge >= 0.3 is 0 Å². The number of phenolic OH excluding ortho intramolecular Hbond substituents is 2. The van der Waals surface area contributed by atoms with Gasteiger partial charge in [-0.3, -0.25) is 9.59 Å². The molecule has 3 aliphatic rings. The van der Waals surface area contributed by atoms with Gasteiger partial charge in [-0.2, -0.15) is 0 Å². The second-order valence-electron chi connectivity index (χ2n) is 9.47. The summed E-state index contributed by atoms with van der Waals surface area (Å²) in [6.07, 6.45) is -2.97. The van der Waals surface area contributed by atoms with Crippen molar-refractivity contribution in [2.45, 2.75) is 62.9 Å². The van der Waals surface area contributed by atoms with Crippen LogP contribution in [0, 0.1) is 0 Å². The first-order chi connectivity index (χ1) is 17.2. The van der Waals surface area contributed by atoms with E-state index >= 15 is 0 Å². The van der Waals surface area contributed by atoms with Crippen LogP contribution >= 0.6 is 0 Å². The fraction of sp³-hybridized carbons (Fsp3) is 0.462. The Kier molecular flexibility index (Phi) is 6.26. The average molecular weight is 500 g/mol. The molecule has 6 unspecified atom stereocenters. The predicted molar refractivity (Wildman–Crippen MR) is 126 cm³/mol. The molecule has 5 rings (SSSR count). The monoisotopic (exact) mass is 499 g/mol. The number of nitrogens with two attached hydrogens (primary N) is 1. The van der Waals surface area contributed by atoms with Gasteiger partial charge in [0, 0.05) is 49.1 Å². The Balaban J connectivity index is 1.60. The lowest BCUT2D eigenvalue weighted by Gasteiger charge is -2.40. The third-order valence-electron chi connectivity index (χ3n) is 7.31. The summed E-state index contributed by atoms with van der Waals surface area (Å²) in [7, 11) is 2.93. The van der Waals surface area contributed by atoms with Gasteiger partial charge in [-0.15, -0.1) is 0 Å². The molecule has 10 heteroatoms. The highest BCUT2D eigenvalue weighted by molar-refractivity contribution is 6.31. The number of phenols is 2. The summed E-state index contributed by atoms with van der Waals surface area (Å²) in [5, 5.41) is 33.1. The Hall–Kier alpha value is -3.02. The van der Waals surface area contributed by atoms with Crippen molar-refractivity contribution in [2.24, 2.45) is 5.73 Å². The van der Waals surface area contributed by atoms with Gasteiger partial charge in [-0.25, -0.2) is 0 Å².